The molecule has 0 nitrogen and oxygen atoms in total. The first-order chi connectivity index (χ1) is 4.47. The molecule has 1 aliphatic carbocycles. The van der Waals surface area contributed by atoms with Crippen LogP contribution in [0.2, 0.25) is 0 Å². The van der Waals surface area contributed by atoms with E-state index in [2.05, 4.69) is 11.8 Å². The normalized spacial score (nSPS) is 42.7. The smallest absolute Gasteiger partial charge is 0.00756 e. The van der Waals surface area contributed by atoms with Gasteiger partial charge in [-0.05, 0) is 30.9 Å². The summed E-state index contributed by atoms with van der Waals surface area (Å²) in [6.07, 6.45) is 7.61. The van der Waals surface area contributed by atoms with Crippen LogP contribution in [0.1, 0.15) is 32.1 Å². The molecule has 2 fully saturated rings. The lowest BCUT2D eigenvalue weighted by molar-refractivity contribution is 0.378. The molecule has 9 heavy (non-hydrogen) atoms. The van der Waals surface area contributed by atoms with Crippen molar-refractivity contribution in [3.05, 3.63) is 0 Å². The molecule has 0 aromatic rings. The number of hydrogen-bond acceptors (Lipinski definition) is 1. The van der Waals surface area contributed by atoms with E-state index < -0.39 is 0 Å². The number of hydrogen-bond donors (Lipinski definition) is 0. The second-order valence-corrected chi connectivity index (χ2v) is 4.59. The molecule has 2 rings (SSSR count). The fourth-order valence-electron chi connectivity index (χ4n) is 2.09. The van der Waals surface area contributed by atoms with Gasteiger partial charge in [0.25, 0.3) is 0 Å². The Labute approximate surface area is 61.4 Å². The molecule has 2 aliphatic rings. The predicted octanol–water partition coefficient (Wildman–Crippen LogP) is 2.68. The predicted molar refractivity (Wildman–Crippen MR) is 42.8 cm³/mol. The molecule has 0 bridgehead atoms. The van der Waals surface area contributed by atoms with E-state index in [1.807, 2.05) is 0 Å². The second kappa shape index (κ2) is 2.53. The summed E-state index contributed by atoms with van der Waals surface area (Å²) in [4.78, 5) is 0. The van der Waals surface area contributed by atoms with E-state index in [0.29, 0.717) is 0 Å². The maximum absolute atomic E-state index is 2.23. The van der Waals surface area contributed by atoms with Gasteiger partial charge in [0.2, 0.25) is 0 Å². The lowest BCUT2D eigenvalue weighted by atomic mass is 9.87. The second-order valence-electron chi connectivity index (χ2n) is 3.24. The van der Waals surface area contributed by atoms with E-state index in [1.165, 1.54) is 37.9 Å². The minimum atomic E-state index is 1.08. The van der Waals surface area contributed by atoms with Crippen molar-refractivity contribution < 1.29 is 0 Å². The molecule has 0 N–H and O–H groups in total. The molecule has 0 amide bonds. The maximum atomic E-state index is 2.23. The number of rotatable bonds is 0. The van der Waals surface area contributed by atoms with Crippen LogP contribution in [0.3, 0.4) is 0 Å². The van der Waals surface area contributed by atoms with Crippen LogP contribution in [-0.4, -0.2) is 11.0 Å². The molecular weight excluding hydrogens is 128 g/mol. The van der Waals surface area contributed by atoms with E-state index in [0.717, 1.165) is 11.2 Å². The highest BCUT2D eigenvalue weighted by Gasteiger charge is 2.29. The topological polar surface area (TPSA) is 0 Å². The van der Waals surface area contributed by atoms with Crippen LogP contribution >= 0.6 is 11.8 Å². The third kappa shape index (κ3) is 1.12. The first kappa shape index (κ1) is 6.09. The Hall–Kier alpha value is 0.350. The Bertz CT molecular complexity index is 88.7. The summed E-state index contributed by atoms with van der Waals surface area (Å²) in [5.41, 5.74) is 0. The molecule has 0 spiro atoms. The zero-order valence-corrected chi connectivity index (χ0v) is 6.62. The molecule has 1 heterocycles. The molecule has 1 heteroatoms. The molecule has 0 unspecified atom stereocenters. The van der Waals surface area contributed by atoms with E-state index >= 15 is 0 Å². The lowest BCUT2D eigenvalue weighted by Crippen LogP contribution is -2.15. The van der Waals surface area contributed by atoms with Crippen molar-refractivity contribution in [1.82, 2.24) is 0 Å². The fourth-order valence-corrected chi connectivity index (χ4v) is 3.71. The van der Waals surface area contributed by atoms with Crippen LogP contribution in [0.5, 0.6) is 0 Å². The maximum Gasteiger partial charge on any atom is 0.00756 e. The molecule has 0 aromatic heterocycles. The lowest BCUT2D eigenvalue weighted by Gasteiger charge is -2.23. The zero-order valence-electron chi connectivity index (χ0n) is 5.81. The summed E-state index contributed by atoms with van der Waals surface area (Å²) < 4.78 is 0. The Kier molecular flexibility index (Phi) is 1.71. The Morgan fingerprint density at radius 1 is 1.00 bits per heavy atom. The van der Waals surface area contributed by atoms with Crippen LogP contribution in [0.4, 0.5) is 0 Å². The summed E-state index contributed by atoms with van der Waals surface area (Å²) in [7, 11) is 0. The van der Waals surface area contributed by atoms with Crippen LogP contribution in [0, 0.1) is 5.92 Å². The summed E-state index contributed by atoms with van der Waals surface area (Å²) >= 11 is 2.23. The zero-order chi connectivity index (χ0) is 6.10. The number of fused-ring (bicyclic) bond motifs is 1. The SMILES string of the molecule is C1CC[C@@H]2SCC[C@@H]2C1. The van der Waals surface area contributed by atoms with E-state index in [9.17, 15) is 0 Å². The third-order valence-corrected chi connectivity index (χ3v) is 4.18. The van der Waals surface area contributed by atoms with E-state index in [4.69, 9.17) is 0 Å². The van der Waals surface area contributed by atoms with E-state index in [-0.39, 0.29) is 0 Å². The van der Waals surface area contributed by atoms with Crippen molar-refractivity contribution in [2.45, 2.75) is 37.4 Å². The van der Waals surface area contributed by atoms with Crippen molar-refractivity contribution in [1.29, 1.82) is 0 Å². The van der Waals surface area contributed by atoms with Crippen molar-refractivity contribution in [3.63, 3.8) is 0 Å². The van der Waals surface area contributed by atoms with Crippen molar-refractivity contribution in [2.24, 2.45) is 5.92 Å². The van der Waals surface area contributed by atoms with Crippen molar-refractivity contribution in [2.75, 3.05) is 5.75 Å². The first-order valence-electron chi connectivity index (χ1n) is 4.08. The molecular formula is C8H14S. The van der Waals surface area contributed by atoms with Gasteiger partial charge in [-0.15, -0.1) is 0 Å². The quantitative estimate of drug-likeness (QED) is 0.501. The highest BCUT2D eigenvalue weighted by atomic mass is 32.2. The molecule has 1 saturated heterocycles. The molecule has 0 radical (unpaired) electrons. The van der Waals surface area contributed by atoms with Crippen LogP contribution < -0.4 is 0 Å². The van der Waals surface area contributed by atoms with Gasteiger partial charge in [-0.2, -0.15) is 11.8 Å². The summed E-state index contributed by atoms with van der Waals surface area (Å²) in [6, 6.07) is 0. The minimum Gasteiger partial charge on any atom is -0.158 e. The highest BCUT2D eigenvalue weighted by Crippen LogP contribution is 2.41. The summed E-state index contributed by atoms with van der Waals surface area (Å²) in [5, 5.41) is 1.08. The molecule has 52 valence electrons. The monoisotopic (exact) mass is 142 g/mol. The number of thioether (sulfide) groups is 1. The standard InChI is InChI=1S/C8H14S/c1-2-4-8-7(3-1)5-6-9-8/h7-8H,1-6H2/t7-,8-/m0/s1. The van der Waals surface area contributed by atoms with Crippen LogP contribution in [-0.2, 0) is 0 Å². The third-order valence-electron chi connectivity index (χ3n) is 2.66. The molecule has 1 saturated carbocycles. The Balaban J connectivity index is 1.97. The minimum absolute atomic E-state index is 1.08. The van der Waals surface area contributed by atoms with Gasteiger partial charge in [0, 0.05) is 5.25 Å². The molecule has 0 aromatic carbocycles. The van der Waals surface area contributed by atoms with Crippen molar-refractivity contribution in [3.8, 4) is 0 Å². The van der Waals surface area contributed by atoms with E-state index in [1.54, 1.807) is 0 Å². The van der Waals surface area contributed by atoms with Gasteiger partial charge in [-0.3, -0.25) is 0 Å². The van der Waals surface area contributed by atoms with Gasteiger partial charge in [0.1, 0.15) is 0 Å². The van der Waals surface area contributed by atoms with Crippen LogP contribution in [0.25, 0.3) is 0 Å². The van der Waals surface area contributed by atoms with Gasteiger partial charge in [0.15, 0.2) is 0 Å². The Morgan fingerprint density at radius 3 is 2.78 bits per heavy atom. The largest absolute Gasteiger partial charge is 0.158 e. The molecule has 1 aliphatic heterocycles. The average Bonchev–Trinajstić information content (AvgIpc) is 2.33. The van der Waals surface area contributed by atoms with Crippen molar-refractivity contribution >= 4 is 11.8 Å². The average molecular weight is 142 g/mol. The summed E-state index contributed by atoms with van der Waals surface area (Å²) in [6.45, 7) is 0. The van der Waals surface area contributed by atoms with Gasteiger partial charge in [-0.25, -0.2) is 0 Å². The Morgan fingerprint density at radius 2 is 1.89 bits per heavy atom. The summed E-state index contributed by atoms with van der Waals surface area (Å²) in [5.74, 6) is 2.58. The highest BCUT2D eigenvalue weighted by molar-refractivity contribution is 8.00. The fraction of sp³-hybridized carbons (Fsp3) is 1.00. The van der Waals surface area contributed by atoms with Crippen LogP contribution in [0.15, 0.2) is 0 Å². The van der Waals surface area contributed by atoms with Gasteiger partial charge < -0.3 is 0 Å². The van der Waals surface area contributed by atoms with Gasteiger partial charge >= 0.3 is 0 Å². The molecule has 2 atom stereocenters. The van der Waals surface area contributed by atoms with Gasteiger partial charge in [0.05, 0.1) is 0 Å². The first-order valence-corrected chi connectivity index (χ1v) is 5.13. The van der Waals surface area contributed by atoms with Gasteiger partial charge in [-0.1, -0.05) is 12.8 Å².